The van der Waals surface area contributed by atoms with Gasteiger partial charge in [0.15, 0.2) is 0 Å². The molecular formula is C25H34N4O3S2. The third-order valence-corrected chi connectivity index (χ3v) is 8.47. The number of hydrogen-bond acceptors (Lipinski definition) is 6. The van der Waals surface area contributed by atoms with Crippen molar-refractivity contribution in [3.05, 3.63) is 76.2 Å². The van der Waals surface area contributed by atoms with E-state index in [1.54, 1.807) is 0 Å². The molecule has 1 aliphatic rings. The minimum absolute atomic E-state index is 0.242. The minimum Gasteiger partial charge on any atom is -0.598 e. The number of benzene rings is 2. The maximum absolute atomic E-state index is 12.8. The van der Waals surface area contributed by atoms with Crippen molar-refractivity contribution in [1.29, 1.82) is 0 Å². The number of ether oxygens (including phenoxy) is 2. The predicted molar refractivity (Wildman–Crippen MR) is 139 cm³/mol. The van der Waals surface area contributed by atoms with Crippen LogP contribution in [0.4, 0.5) is 0 Å². The number of rotatable bonds is 9. The largest absolute Gasteiger partial charge is 0.598 e. The maximum atomic E-state index is 12.8. The SMILES string of the molecule is Cc1ccc(S[C@@H]2O[C@H]([C@H](C)N[S+]([O-])C(C)(C)C)[C@@H](OCc3ccccc3)C[C@H]2N=[N+]=[N-])cc1. The molecule has 0 aromatic heterocycles. The zero-order valence-corrected chi connectivity index (χ0v) is 22.0. The summed E-state index contributed by atoms with van der Waals surface area (Å²) in [6.45, 7) is 10.2. The number of thioether (sulfide) groups is 1. The average molecular weight is 503 g/mol. The van der Waals surface area contributed by atoms with Crippen LogP contribution in [0, 0.1) is 6.92 Å². The molecule has 0 aliphatic carbocycles. The van der Waals surface area contributed by atoms with Crippen LogP contribution in [0.2, 0.25) is 0 Å². The molecule has 184 valence electrons. The van der Waals surface area contributed by atoms with Gasteiger partial charge in [0, 0.05) is 21.2 Å². The van der Waals surface area contributed by atoms with Crippen molar-refractivity contribution in [1.82, 2.24) is 4.72 Å². The van der Waals surface area contributed by atoms with Crippen LogP contribution in [-0.2, 0) is 27.4 Å². The summed E-state index contributed by atoms with van der Waals surface area (Å²) in [4.78, 5) is 4.12. The minimum atomic E-state index is -1.26. The average Bonchev–Trinajstić information content (AvgIpc) is 2.80. The first kappa shape index (κ1) is 26.9. The molecular weight excluding hydrogens is 468 g/mol. The van der Waals surface area contributed by atoms with Gasteiger partial charge in [-0.3, -0.25) is 0 Å². The Morgan fingerprint density at radius 2 is 1.91 bits per heavy atom. The Labute approximate surface area is 209 Å². The van der Waals surface area contributed by atoms with Crippen LogP contribution in [0.3, 0.4) is 0 Å². The molecule has 0 radical (unpaired) electrons. The second-order valence-corrected chi connectivity index (χ2v) is 12.7. The standard InChI is InChI=1S/C25H34N4O3S2/c1-17-11-13-20(14-12-17)33-24-21(27-29-26)15-22(31-16-19-9-7-6-8-10-19)23(32-24)18(2)28-34(30)25(3,4)5/h6-14,18,21-24,28H,15-16H2,1-5H3/t18-,21+,22-,23+,24-,34?/m0/s1. The van der Waals surface area contributed by atoms with Gasteiger partial charge in [-0.1, -0.05) is 64.9 Å². The summed E-state index contributed by atoms with van der Waals surface area (Å²) in [5.74, 6) is 0. The molecule has 2 aromatic rings. The van der Waals surface area contributed by atoms with E-state index in [0.29, 0.717) is 13.0 Å². The zero-order chi connectivity index (χ0) is 24.7. The highest BCUT2D eigenvalue weighted by molar-refractivity contribution is 7.99. The Morgan fingerprint density at radius 3 is 2.53 bits per heavy atom. The molecule has 1 heterocycles. The van der Waals surface area contributed by atoms with Gasteiger partial charge in [-0.05, 0) is 64.3 Å². The third-order valence-electron chi connectivity index (χ3n) is 5.57. The van der Waals surface area contributed by atoms with E-state index < -0.39 is 22.2 Å². The van der Waals surface area contributed by atoms with Crippen molar-refractivity contribution in [2.75, 3.05) is 0 Å². The van der Waals surface area contributed by atoms with Crippen molar-refractivity contribution >= 4 is 23.1 Å². The van der Waals surface area contributed by atoms with Gasteiger partial charge < -0.3 is 14.0 Å². The number of hydrogen-bond donors (Lipinski definition) is 1. The van der Waals surface area contributed by atoms with Crippen LogP contribution < -0.4 is 4.72 Å². The fraction of sp³-hybridized carbons (Fsp3) is 0.520. The van der Waals surface area contributed by atoms with E-state index in [2.05, 4.69) is 14.7 Å². The highest BCUT2D eigenvalue weighted by Crippen LogP contribution is 2.37. The van der Waals surface area contributed by atoms with Gasteiger partial charge in [-0.25, -0.2) is 0 Å². The Balaban J connectivity index is 1.81. The van der Waals surface area contributed by atoms with E-state index >= 15 is 0 Å². The lowest BCUT2D eigenvalue weighted by Gasteiger charge is -2.42. The molecule has 0 amide bonds. The number of nitrogens with zero attached hydrogens (tertiary/aromatic N) is 3. The number of aryl methyl sites for hydroxylation is 1. The monoisotopic (exact) mass is 502 g/mol. The van der Waals surface area contributed by atoms with Crippen molar-refractivity contribution < 1.29 is 14.0 Å². The smallest absolute Gasteiger partial charge is 0.136 e. The summed E-state index contributed by atoms with van der Waals surface area (Å²) in [5.41, 5.74) is 11.1. The van der Waals surface area contributed by atoms with Gasteiger partial charge in [0.05, 0.1) is 24.8 Å². The summed E-state index contributed by atoms with van der Waals surface area (Å²) in [7, 11) is 0. The quantitative estimate of drug-likeness (QED) is 0.199. The van der Waals surface area contributed by atoms with Gasteiger partial charge >= 0.3 is 0 Å². The summed E-state index contributed by atoms with van der Waals surface area (Å²) in [6, 6.07) is 17.5. The van der Waals surface area contributed by atoms with Crippen molar-refractivity contribution in [3.63, 3.8) is 0 Å². The van der Waals surface area contributed by atoms with Crippen LogP contribution in [0.25, 0.3) is 10.4 Å². The topological polar surface area (TPSA) is 102 Å². The molecule has 0 saturated carbocycles. The lowest BCUT2D eigenvalue weighted by Crippen LogP contribution is -2.57. The first-order valence-corrected chi connectivity index (χ1v) is 13.5. The van der Waals surface area contributed by atoms with E-state index in [9.17, 15) is 10.1 Å². The van der Waals surface area contributed by atoms with E-state index in [1.807, 2.05) is 89.2 Å². The van der Waals surface area contributed by atoms with Gasteiger partial charge in [0.1, 0.15) is 16.3 Å². The molecule has 0 spiro atoms. The lowest BCUT2D eigenvalue weighted by atomic mass is 9.97. The van der Waals surface area contributed by atoms with Crippen LogP contribution >= 0.6 is 11.8 Å². The highest BCUT2D eigenvalue weighted by atomic mass is 32.2. The van der Waals surface area contributed by atoms with Gasteiger partial charge in [-0.2, -0.15) is 0 Å². The summed E-state index contributed by atoms with van der Waals surface area (Å²) in [5, 5.41) is 4.05. The van der Waals surface area contributed by atoms with Gasteiger partial charge in [0.25, 0.3) is 0 Å². The Hall–Kier alpha value is -1.71. The molecule has 9 heteroatoms. The Kier molecular flexibility index (Phi) is 9.74. The van der Waals surface area contributed by atoms with E-state index in [0.717, 1.165) is 10.5 Å². The van der Waals surface area contributed by atoms with Crippen LogP contribution in [0.1, 0.15) is 45.2 Å². The predicted octanol–water partition coefficient (Wildman–Crippen LogP) is 5.91. The third kappa shape index (κ3) is 7.65. The molecule has 6 atom stereocenters. The molecule has 0 bridgehead atoms. The molecule has 2 aromatic carbocycles. The number of azide groups is 1. The summed E-state index contributed by atoms with van der Waals surface area (Å²) in [6.07, 6.45) is -0.188. The molecule has 1 N–H and O–H groups in total. The Bertz CT molecular complexity index is 949. The molecule has 3 rings (SSSR count). The Morgan fingerprint density at radius 1 is 1.24 bits per heavy atom. The second-order valence-electron chi connectivity index (χ2n) is 9.53. The van der Waals surface area contributed by atoms with E-state index in [-0.39, 0.29) is 23.7 Å². The van der Waals surface area contributed by atoms with Crippen LogP contribution in [0.5, 0.6) is 0 Å². The fourth-order valence-electron chi connectivity index (χ4n) is 3.63. The fourth-order valence-corrected chi connectivity index (χ4v) is 5.53. The van der Waals surface area contributed by atoms with Crippen LogP contribution in [0.15, 0.2) is 64.6 Å². The molecule has 1 unspecified atom stereocenters. The molecule has 34 heavy (non-hydrogen) atoms. The van der Waals surface area contributed by atoms with Crippen molar-refractivity contribution in [2.24, 2.45) is 5.11 Å². The molecule has 1 saturated heterocycles. The highest BCUT2D eigenvalue weighted by Gasteiger charge is 2.43. The van der Waals surface area contributed by atoms with E-state index in [4.69, 9.17) is 9.47 Å². The zero-order valence-electron chi connectivity index (χ0n) is 20.4. The lowest BCUT2D eigenvalue weighted by molar-refractivity contribution is -0.135. The second kappa shape index (κ2) is 12.3. The van der Waals surface area contributed by atoms with Gasteiger partial charge in [0.2, 0.25) is 0 Å². The van der Waals surface area contributed by atoms with Crippen molar-refractivity contribution in [2.45, 2.75) is 87.0 Å². The summed E-state index contributed by atoms with van der Waals surface area (Å²) >= 11 is 0.275. The van der Waals surface area contributed by atoms with Crippen LogP contribution in [-0.4, -0.2) is 39.0 Å². The molecule has 1 aliphatic heterocycles. The number of nitrogens with one attached hydrogen (secondary N) is 1. The van der Waals surface area contributed by atoms with E-state index in [1.165, 1.54) is 17.3 Å². The van der Waals surface area contributed by atoms with Crippen molar-refractivity contribution in [3.8, 4) is 0 Å². The van der Waals surface area contributed by atoms with Gasteiger partial charge in [-0.15, -0.1) is 4.72 Å². The normalized spacial score (nSPS) is 24.8. The molecule has 7 nitrogen and oxygen atoms in total. The maximum Gasteiger partial charge on any atom is 0.136 e. The first-order valence-electron chi connectivity index (χ1n) is 11.4. The molecule has 1 fully saturated rings. The summed E-state index contributed by atoms with van der Waals surface area (Å²) < 4.78 is 28.5. The first-order chi connectivity index (χ1) is 16.2.